The number of ether oxygens (including phenoxy) is 1. The first kappa shape index (κ1) is 16.2. The molecule has 4 heteroatoms. The van der Waals surface area contributed by atoms with Crippen LogP contribution in [0.2, 0.25) is 0 Å². The molecule has 0 aliphatic heterocycles. The van der Waals surface area contributed by atoms with Gasteiger partial charge in [0, 0.05) is 36.3 Å². The Kier molecular flexibility index (Phi) is 4.59. The number of hydrogen-bond acceptors (Lipinski definition) is 3. The quantitative estimate of drug-likeness (QED) is 0.875. The first-order valence-corrected chi connectivity index (χ1v) is 7.75. The molecule has 1 aromatic carbocycles. The highest BCUT2D eigenvalue weighted by atomic mass is 19.1. The van der Waals surface area contributed by atoms with Crippen LogP contribution in [0.1, 0.15) is 34.1 Å². The third-order valence-electron chi connectivity index (χ3n) is 5.03. The van der Waals surface area contributed by atoms with Crippen LogP contribution >= 0.6 is 0 Å². The van der Waals surface area contributed by atoms with Crippen molar-refractivity contribution < 1.29 is 9.13 Å². The van der Waals surface area contributed by atoms with Crippen molar-refractivity contribution in [1.82, 2.24) is 0 Å². The van der Waals surface area contributed by atoms with Gasteiger partial charge in [0.2, 0.25) is 0 Å². The maximum absolute atomic E-state index is 13.4. The van der Waals surface area contributed by atoms with Gasteiger partial charge >= 0.3 is 0 Å². The second-order valence-corrected chi connectivity index (χ2v) is 6.52. The first-order valence-electron chi connectivity index (χ1n) is 7.75. The molecule has 0 aromatic heterocycles. The maximum Gasteiger partial charge on any atom is 0.125 e. The van der Waals surface area contributed by atoms with Crippen LogP contribution in [-0.2, 0) is 4.74 Å². The minimum atomic E-state index is -0.310. The van der Waals surface area contributed by atoms with Gasteiger partial charge in [-0.25, -0.2) is 4.39 Å². The van der Waals surface area contributed by atoms with Crippen molar-refractivity contribution in [2.75, 3.05) is 24.6 Å². The van der Waals surface area contributed by atoms with Crippen molar-refractivity contribution in [3.8, 4) is 0 Å². The van der Waals surface area contributed by atoms with Gasteiger partial charge in [-0.05, 0) is 38.5 Å². The Morgan fingerprint density at radius 3 is 2.62 bits per heavy atom. The first-order chi connectivity index (χ1) is 9.84. The van der Waals surface area contributed by atoms with Crippen molar-refractivity contribution in [1.29, 1.82) is 0 Å². The SMILES string of the molecule is CCOC1CC(N)(CN(CC)c2cccc(F)c2)C1(C)C. The lowest BCUT2D eigenvalue weighted by Crippen LogP contribution is -2.73. The summed E-state index contributed by atoms with van der Waals surface area (Å²) in [6, 6.07) is 6.71. The fourth-order valence-corrected chi connectivity index (χ4v) is 3.17. The van der Waals surface area contributed by atoms with Crippen LogP contribution in [0.25, 0.3) is 0 Å². The fraction of sp³-hybridized carbons (Fsp3) is 0.647. The lowest BCUT2D eigenvalue weighted by Gasteiger charge is -2.60. The highest BCUT2D eigenvalue weighted by molar-refractivity contribution is 5.47. The second-order valence-electron chi connectivity index (χ2n) is 6.52. The van der Waals surface area contributed by atoms with Gasteiger partial charge in [-0.1, -0.05) is 19.9 Å². The molecule has 1 aliphatic rings. The molecule has 3 nitrogen and oxygen atoms in total. The van der Waals surface area contributed by atoms with Crippen molar-refractivity contribution in [2.24, 2.45) is 11.1 Å². The van der Waals surface area contributed by atoms with E-state index in [-0.39, 0.29) is 22.9 Å². The summed E-state index contributed by atoms with van der Waals surface area (Å²) in [4.78, 5) is 2.15. The van der Waals surface area contributed by atoms with E-state index in [1.54, 1.807) is 12.1 Å². The zero-order chi connectivity index (χ0) is 15.7. The monoisotopic (exact) mass is 294 g/mol. The fourth-order valence-electron chi connectivity index (χ4n) is 3.17. The molecule has 0 saturated heterocycles. The lowest BCUT2D eigenvalue weighted by molar-refractivity contribution is -0.146. The molecule has 0 spiro atoms. The van der Waals surface area contributed by atoms with Gasteiger partial charge in [-0.2, -0.15) is 0 Å². The van der Waals surface area contributed by atoms with Gasteiger partial charge in [0.25, 0.3) is 0 Å². The number of rotatable bonds is 6. The molecule has 0 heterocycles. The molecule has 1 aromatic rings. The molecule has 0 radical (unpaired) electrons. The zero-order valence-corrected chi connectivity index (χ0v) is 13.5. The lowest BCUT2D eigenvalue weighted by atomic mass is 9.54. The summed E-state index contributed by atoms with van der Waals surface area (Å²) >= 11 is 0. The minimum absolute atomic E-state index is 0.0796. The molecule has 2 N–H and O–H groups in total. The van der Waals surface area contributed by atoms with Crippen LogP contribution in [-0.4, -0.2) is 31.3 Å². The Morgan fingerprint density at radius 1 is 1.38 bits per heavy atom. The summed E-state index contributed by atoms with van der Waals surface area (Å²) in [7, 11) is 0. The molecule has 0 amide bonds. The number of hydrogen-bond donors (Lipinski definition) is 1. The number of nitrogens with zero attached hydrogens (tertiary/aromatic N) is 1. The van der Waals surface area contributed by atoms with Gasteiger partial charge in [0.05, 0.1) is 6.10 Å². The van der Waals surface area contributed by atoms with E-state index < -0.39 is 0 Å². The minimum Gasteiger partial charge on any atom is -0.378 e. The number of halogens is 1. The van der Waals surface area contributed by atoms with Crippen molar-refractivity contribution in [2.45, 2.75) is 45.8 Å². The number of likely N-dealkylation sites (N-methyl/N-ethyl adjacent to an activating group) is 1. The number of benzene rings is 1. The third-order valence-corrected chi connectivity index (χ3v) is 5.03. The molecule has 118 valence electrons. The number of nitrogens with two attached hydrogens (primary N) is 1. The van der Waals surface area contributed by atoms with Crippen molar-refractivity contribution in [3.63, 3.8) is 0 Å². The second kappa shape index (κ2) is 5.93. The van der Waals surface area contributed by atoms with Gasteiger partial charge in [0.15, 0.2) is 0 Å². The van der Waals surface area contributed by atoms with Crippen LogP contribution in [0, 0.1) is 11.2 Å². The summed E-state index contributed by atoms with van der Waals surface area (Å²) in [5.41, 5.74) is 7.13. The van der Waals surface area contributed by atoms with E-state index in [1.807, 2.05) is 13.0 Å². The summed E-state index contributed by atoms with van der Waals surface area (Å²) in [6.07, 6.45) is 1.05. The molecule has 2 atom stereocenters. The Hall–Kier alpha value is -1.13. The van der Waals surface area contributed by atoms with E-state index in [0.29, 0.717) is 13.2 Å². The molecule has 2 unspecified atom stereocenters. The van der Waals surface area contributed by atoms with Gasteiger partial charge in [0.1, 0.15) is 5.82 Å². The largest absolute Gasteiger partial charge is 0.378 e. The Balaban J connectivity index is 2.12. The van der Waals surface area contributed by atoms with Crippen LogP contribution in [0.3, 0.4) is 0 Å². The van der Waals surface area contributed by atoms with Crippen LogP contribution in [0.5, 0.6) is 0 Å². The normalized spacial score (nSPS) is 27.2. The molecule has 1 fully saturated rings. The van der Waals surface area contributed by atoms with E-state index in [0.717, 1.165) is 18.7 Å². The smallest absolute Gasteiger partial charge is 0.125 e. The highest BCUT2D eigenvalue weighted by Crippen LogP contribution is 2.50. The van der Waals surface area contributed by atoms with Gasteiger partial charge in [-0.3, -0.25) is 0 Å². The predicted octanol–water partition coefficient (Wildman–Crippen LogP) is 3.18. The topological polar surface area (TPSA) is 38.5 Å². The Bertz CT molecular complexity index is 491. The Labute approximate surface area is 127 Å². The average molecular weight is 294 g/mol. The van der Waals surface area contributed by atoms with Crippen LogP contribution < -0.4 is 10.6 Å². The van der Waals surface area contributed by atoms with E-state index >= 15 is 0 Å². The summed E-state index contributed by atoms with van der Waals surface area (Å²) in [6.45, 7) is 10.6. The van der Waals surface area contributed by atoms with Gasteiger partial charge < -0.3 is 15.4 Å². The third kappa shape index (κ3) is 2.92. The standard InChI is InChI=1S/C17H27FN2O/c1-5-20(14-9-7-8-13(18)10-14)12-17(19)11-15(21-6-2)16(17,3)4/h7-10,15H,5-6,11-12,19H2,1-4H3. The maximum atomic E-state index is 13.4. The summed E-state index contributed by atoms with van der Waals surface area (Å²) < 4.78 is 19.2. The summed E-state index contributed by atoms with van der Waals surface area (Å²) in [5.74, 6) is -0.211. The summed E-state index contributed by atoms with van der Waals surface area (Å²) in [5, 5.41) is 0. The Morgan fingerprint density at radius 2 is 2.10 bits per heavy atom. The molecule has 1 saturated carbocycles. The van der Waals surface area contributed by atoms with E-state index in [4.69, 9.17) is 10.5 Å². The molecule has 2 rings (SSSR count). The van der Waals surface area contributed by atoms with Crippen LogP contribution in [0.4, 0.5) is 10.1 Å². The van der Waals surface area contributed by atoms with Gasteiger partial charge in [-0.15, -0.1) is 0 Å². The molecule has 21 heavy (non-hydrogen) atoms. The predicted molar refractivity (Wildman–Crippen MR) is 85.0 cm³/mol. The molecule has 1 aliphatic carbocycles. The van der Waals surface area contributed by atoms with E-state index in [9.17, 15) is 4.39 Å². The van der Waals surface area contributed by atoms with Crippen molar-refractivity contribution in [3.05, 3.63) is 30.1 Å². The molecule has 0 bridgehead atoms. The zero-order valence-electron chi connectivity index (χ0n) is 13.5. The van der Waals surface area contributed by atoms with Crippen molar-refractivity contribution >= 4 is 5.69 Å². The highest BCUT2D eigenvalue weighted by Gasteiger charge is 2.58. The van der Waals surface area contributed by atoms with Crippen LogP contribution in [0.15, 0.2) is 24.3 Å². The van der Waals surface area contributed by atoms with E-state index in [1.165, 1.54) is 6.07 Å². The van der Waals surface area contributed by atoms with E-state index in [2.05, 4.69) is 25.7 Å². The molecular weight excluding hydrogens is 267 g/mol. The number of anilines is 1. The molecular formula is C17H27FN2O. The average Bonchev–Trinajstić information content (AvgIpc) is 2.44.